The van der Waals surface area contributed by atoms with Crippen LogP contribution in [0.4, 0.5) is 24.5 Å². The first kappa shape index (κ1) is 29.7. The molecule has 3 aromatic rings. The number of carbonyl (C=O) groups is 1. The zero-order valence-corrected chi connectivity index (χ0v) is 24.7. The van der Waals surface area contributed by atoms with Crippen LogP contribution in [0.15, 0.2) is 55.4 Å². The van der Waals surface area contributed by atoms with E-state index in [4.69, 9.17) is 4.43 Å². The molecule has 2 atom stereocenters. The van der Waals surface area contributed by atoms with E-state index in [9.17, 15) is 18.0 Å². The Morgan fingerprint density at radius 3 is 2.40 bits per heavy atom. The molecule has 0 aliphatic carbocycles. The minimum atomic E-state index is -4.55. The summed E-state index contributed by atoms with van der Waals surface area (Å²) < 4.78 is 46.0. The third kappa shape index (κ3) is 6.69. The number of halogens is 3. The zero-order valence-electron chi connectivity index (χ0n) is 23.7. The Bertz CT molecular complexity index is 1350. The van der Waals surface area contributed by atoms with Gasteiger partial charge in [0.05, 0.1) is 35.5 Å². The van der Waals surface area contributed by atoms with Crippen LogP contribution in [0.1, 0.15) is 53.7 Å². The summed E-state index contributed by atoms with van der Waals surface area (Å²) in [5.41, 5.74) is 2.40. The van der Waals surface area contributed by atoms with E-state index in [1.54, 1.807) is 18.5 Å². The molecule has 214 valence electrons. The molecule has 3 heterocycles. The molecular formula is C29H36F3N5O2Si. The van der Waals surface area contributed by atoms with Crippen molar-refractivity contribution in [2.45, 2.75) is 57.9 Å². The molecule has 1 saturated heterocycles. The number of nitrogens with one attached hydrogen (secondary N) is 1. The molecule has 0 spiro atoms. The largest absolute Gasteiger partial charge is 0.417 e. The summed E-state index contributed by atoms with van der Waals surface area (Å²) in [4.78, 5) is 27.4. The number of alkyl halides is 3. The van der Waals surface area contributed by atoms with Gasteiger partial charge in [-0.25, -0.2) is 9.97 Å². The molecule has 11 heteroatoms. The molecule has 40 heavy (non-hydrogen) atoms. The number of hydrogen-bond acceptors (Lipinski definition) is 6. The number of benzene rings is 1. The monoisotopic (exact) mass is 571 g/mol. The third-order valence-corrected chi connectivity index (χ3v) is 12.6. The van der Waals surface area contributed by atoms with Crippen LogP contribution in [-0.2, 0) is 10.6 Å². The second kappa shape index (κ2) is 11.3. The molecule has 7 nitrogen and oxygen atoms in total. The van der Waals surface area contributed by atoms with Crippen LogP contribution in [-0.4, -0.2) is 48.9 Å². The summed E-state index contributed by atoms with van der Waals surface area (Å²) in [6.07, 6.45) is 2.47. The number of aromatic nitrogens is 3. The van der Waals surface area contributed by atoms with Crippen LogP contribution in [0.2, 0.25) is 18.1 Å². The number of carbonyl (C=O) groups excluding carboxylic acids is 1. The lowest BCUT2D eigenvalue weighted by Crippen LogP contribution is -2.42. The van der Waals surface area contributed by atoms with Crippen molar-refractivity contribution in [3.63, 3.8) is 0 Å². The van der Waals surface area contributed by atoms with Crippen LogP contribution in [0.25, 0.3) is 0 Å². The summed E-state index contributed by atoms with van der Waals surface area (Å²) in [5.74, 6) is -0.283. The van der Waals surface area contributed by atoms with Crippen molar-refractivity contribution in [3.05, 3.63) is 77.6 Å². The number of aryl methyl sites for hydroxylation is 1. The fourth-order valence-electron chi connectivity index (χ4n) is 4.64. The highest BCUT2D eigenvalue weighted by atomic mass is 28.4. The Kier molecular flexibility index (Phi) is 8.37. The molecule has 1 aromatic carbocycles. The van der Waals surface area contributed by atoms with Gasteiger partial charge in [0.25, 0.3) is 5.91 Å². The Morgan fingerprint density at radius 1 is 1.05 bits per heavy atom. The Labute approximate surface area is 234 Å². The van der Waals surface area contributed by atoms with Gasteiger partial charge in [-0.2, -0.15) is 13.2 Å². The predicted molar refractivity (Wildman–Crippen MR) is 152 cm³/mol. The highest BCUT2D eigenvalue weighted by molar-refractivity contribution is 6.74. The van der Waals surface area contributed by atoms with Gasteiger partial charge in [0, 0.05) is 43.3 Å². The van der Waals surface area contributed by atoms with E-state index in [2.05, 4.69) is 59.0 Å². The van der Waals surface area contributed by atoms with Gasteiger partial charge in [-0.1, -0.05) is 26.8 Å². The molecule has 2 aromatic heterocycles. The van der Waals surface area contributed by atoms with Crippen LogP contribution in [0.3, 0.4) is 0 Å². The van der Waals surface area contributed by atoms with Gasteiger partial charge >= 0.3 is 6.18 Å². The van der Waals surface area contributed by atoms with Gasteiger partial charge in [0.1, 0.15) is 6.33 Å². The first-order valence-corrected chi connectivity index (χ1v) is 16.1. The molecule has 0 saturated carbocycles. The van der Waals surface area contributed by atoms with Gasteiger partial charge in [-0.15, -0.1) is 0 Å². The maximum atomic E-state index is 13.1. The number of nitrogens with zero attached hydrogens (tertiary/aromatic N) is 4. The highest BCUT2D eigenvalue weighted by Crippen LogP contribution is 2.41. The van der Waals surface area contributed by atoms with Crippen molar-refractivity contribution in [2.75, 3.05) is 29.9 Å². The van der Waals surface area contributed by atoms with E-state index in [-0.39, 0.29) is 22.6 Å². The first-order chi connectivity index (χ1) is 18.7. The van der Waals surface area contributed by atoms with E-state index in [0.717, 1.165) is 35.6 Å². The standard InChI is InChI=1S/C29H36F3N5O2Si/c1-19-7-8-20(27(38)36-23-10-22(11-33-12-23)29(30,31)32)9-25(19)26-16-37(24-13-34-18-35-14-24)15-21(26)17-39-40(5,6)28(2,3)4/h7-14,18,21,26H,15-17H2,1-6H3,(H,36,38)/t21-,26+/m0/s1. The van der Waals surface area contributed by atoms with E-state index in [1.807, 2.05) is 19.1 Å². The lowest BCUT2D eigenvalue weighted by molar-refractivity contribution is -0.137. The fraction of sp³-hybridized carbons (Fsp3) is 0.448. The Balaban J connectivity index is 1.61. The number of amides is 1. The molecule has 0 unspecified atom stereocenters. The molecule has 1 amide bonds. The number of anilines is 2. The van der Waals surface area contributed by atoms with E-state index >= 15 is 0 Å². The summed E-state index contributed by atoms with van der Waals surface area (Å²) in [6.45, 7) is 15.1. The Hall–Kier alpha value is -3.31. The minimum Gasteiger partial charge on any atom is -0.416 e. The maximum absolute atomic E-state index is 13.1. The molecule has 4 rings (SSSR count). The van der Waals surface area contributed by atoms with Gasteiger partial charge in [0.2, 0.25) is 0 Å². The third-order valence-electron chi connectivity index (χ3n) is 8.08. The van der Waals surface area contributed by atoms with Crippen LogP contribution in [0.5, 0.6) is 0 Å². The second-order valence-electron chi connectivity index (χ2n) is 11.9. The van der Waals surface area contributed by atoms with E-state index in [0.29, 0.717) is 18.7 Å². The van der Waals surface area contributed by atoms with Gasteiger partial charge in [-0.3, -0.25) is 9.78 Å². The van der Waals surface area contributed by atoms with Crippen molar-refractivity contribution < 1.29 is 22.4 Å². The van der Waals surface area contributed by atoms with Crippen molar-refractivity contribution in [1.82, 2.24) is 15.0 Å². The molecule has 1 N–H and O–H groups in total. The van der Waals surface area contributed by atoms with E-state index < -0.39 is 26.0 Å². The molecule has 0 bridgehead atoms. The average molecular weight is 572 g/mol. The molecule has 1 aliphatic rings. The number of hydrogen-bond donors (Lipinski definition) is 1. The highest BCUT2D eigenvalue weighted by Gasteiger charge is 2.41. The average Bonchev–Trinajstić information content (AvgIpc) is 3.31. The topological polar surface area (TPSA) is 80.2 Å². The molecule has 0 radical (unpaired) electrons. The Morgan fingerprint density at radius 2 is 1.75 bits per heavy atom. The van der Waals surface area contributed by atoms with E-state index in [1.165, 1.54) is 12.5 Å². The minimum absolute atomic E-state index is 0.0151. The lowest BCUT2D eigenvalue weighted by atomic mass is 9.86. The van der Waals surface area contributed by atoms with Gasteiger partial charge < -0.3 is 14.6 Å². The van der Waals surface area contributed by atoms with Crippen molar-refractivity contribution in [2.24, 2.45) is 5.92 Å². The van der Waals surface area contributed by atoms with Gasteiger partial charge in [-0.05, 0) is 54.4 Å². The summed E-state index contributed by atoms with van der Waals surface area (Å²) in [7, 11) is -2.00. The SMILES string of the molecule is Cc1ccc(C(=O)Nc2cncc(C(F)(F)F)c2)cc1[C@@H]1CN(c2cncnc2)C[C@H]1CO[Si](C)(C)C(C)(C)C. The van der Waals surface area contributed by atoms with Crippen molar-refractivity contribution in [3.8, 4) is 0 Å². The quantitative estimate of drug-likeness (QED) is 0.318. The van der Waals surface area contributed by atoms with Gasteiger partial charge in [0.15, 0.2) is 8.32 Å². The van der Waals surface area contributed by atoms with Crippen molar-refractivity contribution >= 4 is 25.6 Å². The van der Waals surface area contributed by atoms with Crippen LogP contribution in [0, 0.1) is 12.8 Å². The lowest BCUT2D eigenvalue weighted by Gasteiger charge is -2.37. The predicted octanol–water partition coefficient (Wildman–Crippen LogP) is 6.69. The molecule has 1 fully saturated rings. The second-order valence-corrected chi connectivity index (χ2v) is 16.7. The fourth-order valence-corrected chi connectivity index (χ4v) is 5.70. The smallest absolute Gasteiger partial charge is 0.416 e. The maximum Gasteiger partial charge on any atom is 0.417 e. The van der Waals surface area contributed by atoms with Crippen LogP contribution >= 0.6 is 0 Å². The first-order valence-electron chi connectivity index (χ1n) is 13.2. The number of pyridine rings is 1. The van der Waals surface area contributed by atoms with Crippen molar-refractivity contribution in [1.29, 1.82) is 0 Å². The number of rotatable bonds is 7. The summed E-state index contributed by atoms with van der Waals surface area (Å²) in [5, 5.41) is 2.64. The molecule has 1 aliphatic heterocycles. The molecular weight excluding hydrogens is 535 g/mol. The summed E-state index contributed by atoms with van der Waals surface area (Å²) >= 11 is 0. The normalized spacial score (nSPS) is 18.2. The van der Waals surface area contributed by atoms with Crippen LogP contribution < -0.4 is 10.2 Å². The summed E-state index contributed by atoms with van der Waals surface area (Å²) in [6, 6.07) is 6.30. The zero-order chi connectivity index (χ0) is 29.3.